The van der Waals surface area contributed by atoms with Crippen LogP contribution in [0, 0.1) is 23.7 Å². The number of hydrogen-bond donors (Lipinski definition) is 6. The van der Waals surface area contributed by atoms with Crippen LogP contribution in [0.4, 0.5) is 0 Å². The molecule has 0 spiro atoms. The normalized spacial score (nSPS) is 14.8. The summed E-state index contributed by atoms with van der Waals surface area (Å²) in [5, 5.41) is 26.4. The Labute approximate surface area is 328 Å². The molecule has 306 valence electrons. The number of amides is 4. The molecule has 12 nitrogen and oxygen atoms in total. The lowest BCUT2D eigenvalue weighted by Gasteiger charge is -2.30. The van der Waals surface area contributed by atoms with Crippen molar-refractivity contribution in [3.63, 3.8) is 0 Å². The lowest BCUT2D eigenvalue weighted by Crippen LogP contribution is -2.58. The molecule has 0 aliphatic rings. The summed E-state index contributed by atoms with van der Waals surface area (Å²) in [6, 6.07) is 14.6. The number of aliphatic hydroxyl groups excluding tert-OH is 1. The van der Waals surface area contributed by atoms with Crippen molar-refractivity contribution < 1.29 is 33.8 Å². The molecule has 2 rings (SSSR count). The van der Waals surface area contributed by atoms with Crippen molar-refractivity contribution >= 4 is 29.6 Å². The van der Waals surface area contributed by atoms with Gasteiger partial charge < -0.3 is 36.4 Å². The van der Waals surface area contributed by atoms with Crippen LogP contribution in [0.15, 0.2) is 60.7 Å². The standard InChI is InChI=1S/C43H67N5O7/c1-27(2)22-23-44-34(24-28(3)4)40(51)47-38(29(5)6)42(53)46-33(25-31-16-12-10-13-17-31)36(49)20-21-37(50)45-35(26-32-18-14-11-15-19-32)41(52)48-39(30(7)8)43(54)55-9/h10-19,27-30,33-36,38-39,44,49H,20-26H2,1-9H3,(H,45,50)(H,46,53)(H,47,51)(H,48,52)/t33-,34-,35-,36-,38-,39-/m0/s1. The van der Waals surface area contributed by atoms with Gasteiger partial charge in [-0.15, -0.1) is 0 Å². The minimum Gasteiger partial charge on any atom is -0.467 e. The highest BCUT2D eigenvalue weighted by Crippen LogP contribution is 2.14. The Morgan fingerprint density at radius 2 is 1.15 bits per heavy atom. The van der Waals surface area contributed by atoms with Crippen molar-refractivity contribution in [1.29, 1.82) is 0 Å². The molecule has 55 heavy (non-hydrogen) atoms. The number of ether oxygens (including phenoxy) is 1. The number of hydrogen-bond acceptors (Lipinski definition) is 8. The number of benzene rings is 2. The lowest BCUT2D eigenvalue weighted by molar-refractivity contribution is -0.146. The largest absolute Gasteiger partial charge is 0.467 e. The fourth-order valence-corrected chi connectivity index (χ4v) is 6.20. The molecule has 0 bridgehead atoms. The van der Waals surface area contributed by atoms with Crippen LogP contribution in [0.25, 0.3) is 0 Å². The van der Waals surface area contributed by atoms with Gasteiger partial charge in [-0.05, 0) is 67.0 Å². The van der Waals surface area contributed by atoms with Crippen molar-refractivity contribution in [1.82, 2.24) is 26.6 Å². The van der Waals surface area contributed by atoms with Crippen LogP contribution in [-0.2, 0) is 41.6 Å². The number of esters is 1. The molecule has 2 aromatic carbocycles. The van der Waals surface area contributed by atoms with Crippen LogP contribution < -0.4 is 26.6 Å². The van der Waals surface area contributed by atoms with E-state index in [2.05, 4.69) is 54.3 Å². The monoisotopic (exact) mass is 766 g/mol. The maximum Gasteiger partial charge on any atom is 0.328 e. The molecule has 0 saturated carbocycles. The number of rotatable bonds is 24. The molecule has 6 N–H and O–H groups in total. The first-order chi connectivity index (χ1) is 26.0. The van der Waals surface area contributed by atoms with Crippen molar-refractivity contribution in [2.75, 3.05) is 13.7 Å². The van der Waals surface area contributed by atoms with Gasteiger partial charge in [0.25, 0.3) is 0 Å². The SMILES string of the molecule is COC(=O)[C@@H](NC(=O)[C@H](Cc1ccccc1)NC(=O)CC[C@H](O)[C@H](Cc1ccccc1)NC(=O)[C@@H](NC(=O)[C@H](CC(C)C)NCCC(C)C)C(C)C)C(C)C. The summed E-state index contributed by atoms with van der Waals surface area (Å²) in [4.78, 5) is 66.7. The Balaban J connectivity index is 2.22. The summed E-state index contributed by atoms with van der Waals surface area (Å²) in [7, 11) is 1.25. The summed E-state index contributed by atoms with van der Waals surface area (Å²) in [5.74, 6) is -2.04. The molecule has 0 heterocycles. The predicted molar refractivity (Wildman–Crippen MR) is 216 cm³/mol. The van der Waals surface area contributed by atoms with Gasteiger partial charge in [-0.3, -0.25) is 19.2 Å². The van der Waals surface area contributed by atoms with Crippen LogP contribution in [0.1, 0.15) is 92.2 Å². The van der Waals surface area contributed by atoms with Gasteiger partial charge in [0.2, 0.25) is 23.6 Å². The molecule has 6 atom stereocenters. The van der Waals surface area contributed by atoms with Gasteiger partial charge in [-0.2, -0.15) is 0 Å². The van der Waals surface area contributed by atoms with E-state index in [0.717, 1.165) is 17.5 Å². The van der Waals surface area contributed by atoms with Crippen LogP contribution >= 0.6 is 0 Å². The molecule has 0 unspecified atom stereocenters. The molecular formula is C43H67N5O7. The van der Waals surface area contributed by atoms with Gasteiger partial charge in [-0.1, -0.05) is 116 Å². The Hall–Kier alpha value is -4.29. The molecule has 2 aromatic rings. The molecule has 0 radical (unpaired) electrons. The molecule has 4 amide bonds. The molecule has 0 fully saturated rings. The number of nitrogens with one attached hydrogen (secondary N) is 5. The second-order valence-corrected chi connectivity index (χ2v) is 16.0. The maximum absolute atomic E-state index is 13.9. The minimum absolute atomic E-state index is 0.0188. The highest BCUT2D eigenvalue weighted by atomic mass is 16.5. The van der Waals surface area contributed by atoms with Gasteiger partial charge in [-0.25, -0.2) is 4.79 Å². The number of carbonyl (C=O) groups excluding carboxylic acids is 5. The number of aliphatic hydroxyl groups is 1. The Bertz CT molecular complexity index is 1470. The molecule has 0 aliphatic heterocycles. The third-order valence-corrected chi connectivity index (χ3v) is 9.49. The van der Waals surface area contributed by atoms with E-state index >= 15 is 0 Å². The maximum atomic E-state index is 13.9. The quantitative estimate of drug-likeness (QED) is 0.0868. The Kier molecular flexibility index (Phi) is 20.7. The summed E-state index contributed by atoms with van der Waals surface area (Å²) < 4.78 is 4.88. The van der Waals surface area contributed by atoms with Crippen molar-refractivity contribution in [3.8, 4) is 0 Å². The number of carbonyl (C=O) groups is 5. The zero-order valence-corrected chi connectivity index (χ0v) is 34.4. The second kappa shape index (κ2) is 24.3. The first-order valence-electron chi connectivity index (χ1n) is 19.8. The van der Waals surface area contributed by atoms with E-state index in [1.54, 1.807) is 13.8 Å². The lowest BCUT2D eigenvalue weighted by atomic mass is 9.95. The molecule has 0 aromatic heterocycles. The van der Waals surface area contributed by atoms with E-state index in [-0.39, 0.29) is 49.3 Å². The van der Waals surface area contributed by atoms with E-state index < -0.39 is 60.0 Å². The summed E-state index contributed by atoms with van der Waals surface area (Å²) in [5.41, 5.74) is 1.68. The fourth-order valence-electron chi connectivity index (χ4n) is 6.20. The molecular weight excluding hydrogens is 699 g/mol. The summed E-state index contributed by atoms with van der Waals surface area (Å²) in [6.07, 6.45) is 0.685. The highest BCUT2D eigenvalue weighted by Gasteiger charge is 2.33. The van der Waals surface area contributed by atoms with Gasteiger partial charge in [0.1, 0.15) is 18.1 Å². The van der Waals surface area contributed by atoms with E-state index in [0.29, 0.717) is 18.9 Å². The fraction of sp³-hybridized carbons (Fsp3) is 0.605. The predicted octanol–water partition coefficient (Wildman–Crippen LogP) is 4.09. The van der Waals surface area contributed by atoms with Crippen molar-refractivity contribution in [2.45, 2.75) is 130 Å². The van der Waals surface area contributed by atoms with E-state index in [4.69, 9.17) is 4.74 Å². The topological polar surface area (TPSA) is 175 Å². The second-order valence-electron chi connectivity index (χ2n) is 16.0. The van der Waals surface area contributed by atoms with Crippen LogP contribution in [0.5, 0.6) is 0 Å². The first kappa shape index (κ1) is 46.9. The van der Waals surface area contributed by atoms with Gasteiger partial charge in [0.15, 0.2) is 0 Å². The molecule has 0 aliphatic carbocycles. The molecule has 0 saturated heterocycles. The van der Waals surface area contributed by atoms with Crippen molar-refractivity contribution in [2.24, 2.45) is 23.7 Å². The zero-order valence-electron chi connectivity index (χ0n) is 34.4. The van der Waals surface area contributed by atoms with E-state index in [1.807, 2.05) is 74.5 Å². The van der Waals surface area contributed by atoms with Crippen LogP contribution in [-0.4, -0.2) is 84.7 Å². The number of methoxy groups -OCH3 is 1. The Morgan fingerprint density at radius 3 is 1.65 bits per heavy atom. The van der Waals surface area contributed by atoms with E-state index in [9.17, 15) is 29.1 Å². The summed E-state index contributed by atoms with van der Waals surface area (Å²) >= 11 is 0. The van der Waals surface area contributed by atoms with Crippen molar-refractivity contribution in [3.05, 3.63) is 71.8 Å². The van der Waals surface area contributed by atoms with Gasteiger partial charge in [0.05, 0.1) is 25.3 Å². The highest BCUT2D eigenvalue weighted by molar-refractivity contribution is 5.91. The first-order valence-corrected chi connectivity index (χ1v) is 19.8. The van der Waals surface area contributed by atoms with Gasteiger partial charge >= 0.3 is 5.97 Å². The molecule has 12 heteroatoms. The third-order valence-electron chi connectivity index (χ3n) is 9.49. The van der Waals surface area contributed by atoms with E-state index in [1.165, 1.54) is 7.11 Å². The third kappa shape index (κ3) is 17.4. The zero-order chi connectivity index (χ0) is 41.1. The smallest absolute Gasteiger partial charge is 0.328 e. The average molecular weight is 766 g/mol. The van der Waals surface area contributed by atoms with Crippen LogP contribution in [0.3, 0.4) is 0 Å². The van der Waals surface area contributed by atoms with Gasteiger partial charge in [0, 0.05) is 12.8 Å². The Morgan fingerprint density at radius 1 is 0.618 bits per heavy atom. The minimum atomic E-state index is -1.14. The van der Waals surface area contributed by atoms with Crippen LogP contribution in [0.2, 0.25) is 0 Å². The summed E-state index contributed by atoms with van der Waals surface area (Å²) in [6.45, 7) is 16.3. The average Bonchev–Trinajstić information content (AvgIpc) is 3.13.